The Hall–Kier alpha value is -1.29. The van der Waals surface area contributed by atoms with Crippen molar-refractivity contribution in [2.45, 2.75) is 12.8 Å². The van der Waals surface area contributed by atoms with Crippen LogP contribution in [0.2, 0.25) is 0 Å². The quantitative estimate of drug-likeness (QED) is 0.848. The first-order chi connectivity index (χ1) is 8.15. The summed E-state index contributed by atoms with van der Waals surface area (Å²) in [4.78, 5) is 10.5. The third-order valence-electron chi connectivity index (χ3n) is 2.55. The van der Waals surface area contributed by atoms with Crippen molar-refractivity contribution in [1.82, 2.24) is 0 Å². The Labute approximate surface area is 108 Å². The largest absolute Gasteiger partial charge is 0.493 e. The summed E-state index contributed by atoms with van der Waals surface area (Å²) in [5.41, 5.74) is 0.780. The molecule has 1 aliphatic carbocycles. The van der Waals surface area contributed by atoms with Crippen molar-refractivity contribution in [1.29, 1.82) is 0 Å². The van der Waals surface area contributed by atoms with Crippen LogP contribution in [0.15, 0.2) is 28.7 Å². The van der Waals surface area contributed by atoms with E-state index in [4.69, 9.17) is 9.84 Å². The molecule has 0 atom stereocenters. The molecule has 1 aromatic carbocycles. The van der Waals surface area contributed by atoms with Crippen molar-refractivity contribution in [3.63, 3.8) is 0 Å². The summed E-state index contributed by atoms with van der Waals surface area (Å²) in [5.74, 6) is 0.450. The average molecular weight is 297 g/mol. The van der Waals surface area contributed by atoms with Gasteiger partial charge in [0.1, 0.15) is 5.75 Å². The number of benzene rings is 1. The molecule has 1 fully saturated rings. The third kappa shape index (κ3) is 3.89. The Morgan fingerprint density at radius 2 is 2.29 bits per heavy atom. The summed E-state index contributed by atoms with van der Waals surface area (Å²) in [6.45, 7) is 0.718. The highest BCUT2D eigenvalue weighted by atomic mass is 79.9. The fraction of sp³-hybridized carbons (Fsp3) is 0.308. The molecule has 0 spiro atoms. The number of carboxylic acid groups (broad SMARTS) is 1. The lowest BCUT2D eigenvalue weighted by Gasteiger charge is -2.08. The van der Waals surface area contributed by atoms with E-state index in [-0.39, 0.29) is 0 Å². The first kappa shape index (κ1) is 12.2. The van der Waals surface area contributed by atoms with Gasteiger partial charge >= 0.3 is 5.97 Å². The van der Waals surface area contributed by atoms with E-state index in [2.05, 4.69) is 15.9 Å². The van der Waals surface area contributed by atoms with Gasteiger partial charge in [-0.05, 0) is 43.0 Å². The van der Waals surface area contributed by atoms with Crippen LogP contribution in [0.25, 0.3) is 6.08 Å². The van der Waals surface area contributed by atoms with Gasteiger partial charge in [0.2, 0.25) is 0 Å². The van der Waals surface area contributed by atoms with Crippen molar-refractivity contribution in [2.24, 2.45) is 5.92 Å². The van der Waals surface area contributed by atoms with Gasteiger partial charge in [0.25, 0.3) is 0 Å². The number of ether oxygens (including phenoxy) is 1. The van der Waals surface area contributed by atoms with Crippen molar-refractivity contribution in [3.8, 4) is 5.75 Å². The molecule has 1 aliphatic rings. The maximum Gasteiger partial charge on any atom is 0.328 e. The topological polar surface area (TPSA) is 46.5 Å². The van der Waals surface area contributed by atoms with Gasteiger partial charge in [0.05, 0.1) is 6.61 Å². The van der Waals surface area contributed by atoms with E-state index in [0.29, 0.717) is 5.92 Å². The molecule has 3 nitrogen and oxygen atoms in total. The highest BCUT2D eigenvalue weighted by molar-refractivity contribution is 9.10. The minimum atomic E-state index is -0.960. The summed E-state index contributed by atoms with van der Waals surface area (Å²) >= 11 is 3.36. The molecule has 1 saturated carbocycles. The Balaban J connectivity index is 2.13. The molecule has 2 rings (SSSR count). The van der Waals surface area contributed by atoms with Crippen LogP contribution in [0.5, 0.6) is 5.75 Å². The highest BCUT2D eigenvalue weighted by Crippen LogP contribution is 2.31. The number of halogens is 1. The number of carbonyl (C=O) groups is 1. The zero-order valence-corrected chi connectivity index (χ0v) is 10.8. The van der Waals surface area contributed by atoms with E-state index in [1.807, 2.05) is 18.2 Å². The first-order valence-corrected chi connectivity index (χ1v) is 6.28. The van der Waals surface area contributed by atoms with Crippen LogP contribution < -0.4 is 4.74 Å². The fourth-order valence-corrected chi connectivity index (χ4v) is 1.81. The van der Waals surface area contributed by atoms with Crippen LogP contribution in [0.1, 0.15) is 18.4 Å². The lowest BCUT2D eigenvalue weighted by atomic mass is 10.2. The van der Waals surface area contributed by atoms with Gasteiger partial charge in [-0.3, -0.25) is 0 Å². The van der Waals surface area contributed by atoms with E-state index in [1.54, 1.807) is 6.08 Å². The molecule has 0 bridgehead atoms. The minimum absolute atomic E-state index is 0.676. The second-order valence-electron chi connectivity index (χ2n) is 4.11. The van der Waals surface area contributed by atoms with Crippen LogP contribution in [-0.2, 0) is 4.79 Å². The molecular formula is C13H13BrO3. The Bertz CT molecular complexity index is 450. The van der Waals surface area contributed by atoms with Gasteiger partial charge in [-0.2, -0.15) is 0 Å². The normalized spacial score (nSPS) is 15.1. The van der Waals surface area contributed by atoms with Gasteiger partial charge in [-0.25, -0.2) is 4.79 Å². The van der Waals surface area contributed by atoms with E-state index in [1.165, 1.54) is 12.8 Å². The van der Waals surface area contributed by atoms with E-state index in [0.717, 1.165) is 28.5 Å². The predicted molar refractivity (Wildman–Crippen MR) is 69.0 cm³/mol. The molecular weight excluding hydrogens is 284 g/mol. The van der Waals surface area contributed by atoms with Gasteiger partial charge in [0.15, 0.2) is 0 Å². The molecule has 4 heteroatoms. The van der Waals surface area contributed by atoms with E-state index >= 15 is 0 Å². The lowest BCUT2D eigenvalue weighted by molar-refractivity contribution is -0.131. The molecule has 0 unspecified atom stereocenters. The van der Waals surface area contributed by atoms with Gasteiger partial charge in [0, 0.05) is 16.1 Å². The second kappa shape index (κ2) is 5.36. The van der Waals surface area contributed by atoms with Crippen LogP contribution in [0.3, 0.4) is 0 Å². The average Bonchev–Trinajstić information content (AvgIpc) is 3.09. The van der Waals surface area contributed by atoms with Crippen LogP contribution in [0.4, 0.5) is 0 Å². The minimum Gasteiger partial charge on any atom is -0.493 e. The first-order valence-electron chi connectivity index (χ1n) is 5.48. The summed E-state index contributed by atoms with van der Waals surface area (Å²) in [7, 11) is 0. The zero-order valence-electron chi connectivity index (χ0n) is 9.23. The summed E-state index contributed by atoms with van der Waals surface area (Å²) < 4.78 is 6.59. The summed E-state index contributed by atoms with van der Waals surface area (Å²) in [5, 5.41) is 8.62. The van der Waals surface area contributed by atoms with Gasteiger partial charge in [-0.1, -0.05) is 15.9 Å². The molecule has 0 heterocycles. The molecule has 0 saturated heterocycles. The molecule has 0 aliphatic heterocycles. The van der Waals surface area contributed by atoms with Crippen LogP contribution >= 0.6 is 15.9 Å². The van der Waals surface area contributed by atoms with Crippen molar-refractivity contribution >= 4 is 28.0 Å². The fourth-order valence-electron chi connectivity index (χ4n) is 1.43. The maximum atomic E-state index is 10.5. The standard InChI is InChI=1S/C13H13BrO3/c14-11-4-5-12(17-8-9-1-2-9)10(7-11)3-6-13(15)16/h3-7,9H,1-2,8H2,(H,15,16). The van der Waals surface area contributed by atoms with Crippen LogP contribution in [0, 0.1) is 5.92 Å². The molecule has 1 aromatic rings. The summed E-state index contributed by atoms with van der Waals surface area (Å²) in [6, 6.07) is 5.59. The number of carboxylic acids is 1. The SMILES string of the molecule is O=C(O)C=Cc1cc(Br)ccc1OCC1CC1. The number of aliphatic carboxylic acids is 1. The molecule has 90 valence electrons. The Kier molecular flexibility index (Phi) is 3.84. The molecule has 0 amide bonds. The number of rotatable bonds is 5. The second-order valence-corrected chi connectivity index (χ2v) is 5.02. The molecule has 0 radical (unpaired) electrons. The molecule has 17 heavy (non-hydrogen) atoms. The van der Waals surface area contributed by atoms with Gasteiger partial charge < -0.3 is 9.84 Å². The van der Waals surface area contributed by atoms with E-state index in [9.17, 15) is 4.79 Å². The summed E-state index contributed by atoms with van der Waals surface area (Å²) in [6.07, 6.45) is 5.13. The van der Waals surface area contributed by atoms with Crippen molar-refractivity contribution < 1.29 is 14.6 Å². The molecule has 0 aromatic heterocycles. The van der Waals surface area contributed by atoms with Crippen molar-refractivity contribution in [2.75, 3.05) is 6.61 Å². The van der Waals surface area contributed by atoms with Gasteiger partial charge in [-0.15, -0.1) is 0 Å². The third-order valence-corrected chi connectivity index (χ3v) is 3.04. The lowest BCUT2D eigenvalue weighted by Crippen LogP contribution is -2.00. The Morgan fingerprint density at radius 1 is 1.53 bits per heavy atom. The zero-order chi connectivity index (χ0) is 12.3. The smallest absolute Gasteiger partial charge is 0.328 e. The number of hydrogen-bond acceptors (Lipinski definition) is 2. The monoisotopic (exact) mass is 296 g/mol. The van der Waals surface area contributed by atoms with Crippen LogP contribution in [-0.4, -0.2) is 17.7 Å². The highest BCUT2D eigenvalue weighted by Gasteiger charge is 2.22. The van der Waals surface area contributed by atoms with Crippen molar-refractivity contribution in [3.05, 3.63) is 34.3 Å². The maximum absolute atomic E-state index is 10.5. The molecule has 1 N–H and O–H groups in total. The number of hydrogen-bond donors (Lipinski definition) is 1. The Morgan fingerprint density at radius 3 is 2.94 bits per heavy atom. The predicted octanol–water partition coefficient (Wildman–Crippen LogP) is 3.34. The van der Waals surface area contributed by atoms with E-state index < -0.39 is 5.97 Å².